The number of esters is 1. The molecule has 2 rings (SSSR count). The third-order valence-corrected chi connectivity index (χ3v) is 3.54. The minimum Gasteiger partial charge on any atom is -0.461 e. The van der Waals surface area contributed by atoms with Crippen molar-refractivity contribution in [1.82, 2.24) is 4.98 Å². The van der Waals surface area contributed by atoms with E-state index in [1.54, 1.807) is 5.51 Å². The highest BCUT2D eigenvalue weighted by Gasteiger charge is 2.17. The van der Waals surface area contributed by atoms with E-state index in [1.165, 1.54) is 11.3 Å². The van der Waals surface area contributed by atoms with E-state index in [-0.39, 0.29) is 12.1 Å². The van der Waals surface area contributed by atoms with Crippen LogP contribution >= 0.6 is 11.3 Å². The van der Waals surface area contributed by atoms with Crippen LogP contribution in [0.5, 0.6) is 0 Å². The topological polar surface area (TPSA) is 48.4 Å². The van der Waals surface area contributed by atoms with Crippen LogP contribution in [0.1, 0.15) is 34.6 Å². The molecule has 1 aromatic heterocycles. The quantitative estimate of drug-likeness (QED) is 0.758. The molecule has 1 atom stereocenters. The van der Waals surface area contributed by atoms with Gasteiger partial charge in [-0.05, 0) is 19.8 Å². The number of carbonyl (C=O) groups is 1. The first kappa shape index (κ1) is 11.5. The van der Waals surface area contributed by atoms with Crippen LogP contribution in [0.15, 0.2) is 5.51 Å². The average molecular weight is 241 g/mol. The van der Waals surface area contributed by atoms with Crippen LogP contribution in [-0.4, -0.2) is 30.3 Å². The van der Waals surface area contributed by atoms with Crippen molar-refractivity contribution >= 4 is 17.3 Å². The van der Waals surface area contributed by atoms with Crippen LogP contribution in [0.25, 0.3) is 0 Å². The van der Waals surface area contributed by atoms with Crippen LogP contribution < -0.4 is 0 Å². The molecule has 4 nitrogen and oxygen atoms in total. The maximum atomic E-state index is 11.6. The number of aromatic nitrogens is 1. The molecule has 5 heteroatoms. The van der Waals surface area contributed by atoms with Crippen molar-refractivity contribution in [2.75, 3.05) is 13.2 Å². The van der Waals surface area contributed by atoms with Gasteiger partial charge < -0.3 is 9.47 Å². The summed E-state index contributed by atoms with van der Waals surface area (Å²) in [6.07, 6.45) is 3.27. The summed E-state index contributed by atoms with van der Waals surface area (Å²) in [5.41, 5.74) is 2.40. The summed E-state index contributed by atoms with van der Waals surface area (Å²) < 4.78 is 10.6. The Balaban J connectivity index is 1.73. The molecule has 0 amide bonds. The number of hydrogen-bond donors (Lipinski definition) is 0. The molecule has 0 spiro atoms. The smallest absolute Gasteiger partial charge is 0.350 e. The molecule has 0 N–H and O–H groups in total. The van der Waals surface area contributed by atoms with Gasteiger partial charge in [-0.1, -0.05) is 0 Å². The lowest BCUT2D eigenvalue weighted by atomic mass is 10.2. The molecule has 2 heterocycles. The molecule has 1 saturated heterocycles. The minimum absolute atomic E-state index is 0.266. The summed E-state index contributed by atoms with van der Waals surface area (Å²) in [5.74, 6) is -0.266. The third kappa shape index (κ3) is 2.80. The van der Waals surface area contributed by atoms with E-state index in [1.807, 2.05) is 6.92 Å². The first-order valence-electron chi connectivity index (χ1n) is 5.46. The van der Waals surface area contributed by atoms with Gasteiger partial charge in [0.15, 0.2) is 0 Å². The van der Waals surface area contributed by atoms with E-state index in [2.05, 4.69) is 4.98 Å². The number of nitrogens with zero attached hydrogens (tertiary/aromatic N) is 1. The second-order valence-corrected chi connectivity index (χ2v) is 4.68. The lowest BCUT2D eigenvalue weighted by Crippen LogP contribution is -2.12. The van der Waals surface area contributed by atoms with Crippen molar-refractivity contribution in [2.45, 2.75) is 32.3 Å². The molecule has 0 radical (unpaired) electrons. The molecule has 0 bridgehead atoms. The van der Waals surface area contributed by atoms with Gasteiger partial charge in [-0.15, -0.1) is 11.3 Å². The predicted octanol–water partition coefficient (Wildman–Crippen LogP) is 2.18. The number of carbonyl (C=O) groups excluding carboxylic acids is 1. The molecule has 0 aromatic carbocycles. The Morgan fingerprint density at radius 1 is 1.75 bits per heavy atom. The molecule has 1 aliphatic heterocycles. The van der Waals surface area contributed by atoms with Crippen LogP contribution in [0.2, 0.25) is 0 Å². The van der Waals surface area contributed by atoms with Crippen LogP contribution in [0, 0.1) is 6.92 Å². The molecule has 0 unspecified atom stereocenters. The van der Waals surface area contributed by atoms with Gasteiger partial charge in [0.2, 0.25) is 0 Å². The zero-order valence-electron chi connectivity index (χ0n) is 9.27. The first-order chi connectivity index (χ1) is 7.77. The van der Waals surface area contributed by atoms with E-state index in [9.17, 15) is 4.79 Å². The van der Waals surface area contributed by atoms with Crippen LogP contribution in [0.4, 0.5) is 0 Å². The van der Waals surface area contributed by atoms with Gasteiger partial charge in [0.05, 0.1) is 23.9 Å². The summed E-state index contributed by atoms with van der Waals surface area (Å²) in [7, 11) is 0. The standard InChI is InChI=1S/C11H15NO3S/c1-8-10(16-7-12-8)11(13)15-6-4-9-3-2-5-14-9/h7,9H,2-6H2,1H3/t9-/m1/s1. The Morgan fingerprint density at radius 2 is 2.62 bits per heavy atom. The fourth-order valence-electron chi connectivity index (χ4n) is 1.72. The van der Waals surface area contributed by atoms with Crippen molar-refractivity contribution in [3.05, 3.63) is 16.1 Å². The molecule has 1 aliphatic rings. The highest BCUT2D eigenvalue weighted by molar-refractivity contribution is 7.11. The number of hydrogen-bond acceptors (Lipinski definition) is 5. The second-order valence-electron chi connectivity index (χ2n) is 3.83. The summed E-state index contributed by atoms with van der Waals surface area (Å²) >= 11 is 1.32. The van der Waals surface area contributed by atoms with Gasteiger partial charge in [0, 0.05) is 13.0 Å². The van der Waals surface area contributed by atoms with Crippen molar-refractivity contribution in [1.29, 1.82) is 0 Å². The van der Waals surface area contributed by atoms with Crippen LogP contribution in [-0.2, 0) is 9.47 Å². The van der Waals surface area contributed by atoms with E-state index in [0.717, 1.165) is 31.6 Å². The fraction of sp³-hybridized carbons (Fsp3) is 0.636. The van der Waals surface area contributed by atoms with Crippen molar-refractivity contribution in [2.24, 2.45) is 0 Å². The van der Waals surface area contributed by atoms with Gasteiger partial charge >= 0.3 is 5.97 Å². The Kier molecular flexibility index (Phi) is 3.90. The molecule has 16 heavy (non-hydrogen) atoms. The molecular formula is C11H15NO3S. The maximum absolute atomic E-state index is 11.6. The number of thiazole rings is 1. The summed E-state index contributed by atoms with van der Waals surface area (Å²) in [6.45, 7) is 3.08. The molecule has 0 aliphatic carbocycles. The molecule has 88 valence electrons. The number of aryl methyl sites for hydroxylation is 1. The lowest BCUT2D eigenvalue weighted by molar-refractivity contribution is 0.0390. The van der Waals surface area contributed by atoms with Gasteiger partial charge in [-0.25, -0.2) is 9.78 Å². The lowest BCUT2D eigenvalue weighted by Gasteiger charge is -2.09. The van der Waals surface area contributed by atoms with Crippen molar-refractivity contribution in [3.8, 4) is 0 Å². The van der Waals surface area contributed by atoms with Crippen molar-refractivity contribution in [3.63, 3.8) is 0 Å². The molecule has 0 saturated carbocycles. The highest BCUT2D eigenvalue weighted by atomic mass is 32.1. The number of rotatable bonds is 4. The zero-order chi connectivity index (χ0) is 11.4. The van der Waals surface area contributed by atoms with E-state index in [0.29, 0.717) is 11.5 Å². The maximum Gasteiger partial charge on any atom is 0.350 e. The molecular weight excluding hydrogens is 226 g/mol. The highest BCUT2D eigenvalue weighted by Crippen LogP contribution is 2.17. The van der Waals surface area contributed by atoms with Gasteiger partial charge in [-0.2, -0.15) is 0 Å². The van der Waals surface area contributed by atoms with Crippen LogP contribution in [0.3, 0.4) is 0 Å². The second kappa shape index (κ2) is 5.41. The Hall–Kier alpha value is -0.940. The largest absolute Gasteiger partial charge is 0.461 e. The Labute approximate surface area is 98.6 Å². The Morgan fingerprint density at radius 3 is 3.25 bits per heavy atom. The van der Waals surface area contributed by atoms with Gasteiger partial charge in [-0.3, -0.25) is 0 Å². The van der Waals surface area contributed by atoms with Gasteiger partial charge in [0.1, 0.15) is 4.88 Å². The summed E-state index contributed by atoms with van der Waals surface area (Å²) in [4.78, 5) is 16.2. The van der Waals surface area contributed by atoms with E-state index in [4.69, 9.17) is 9.47 Å². The zero-order valence-corrected chi connectivity index (χ0v) is 10.1. The van der Waals surface area contributed by atoms with Gasteiger partial charge in [0.25, 0.3) is 0 Å². The molecule has 1 aromatic rings. The van der Waals surface area contributed by atoms with E-state index < -0.39 is 0 Å². The number of ether oxygens (including phenoxy) is 2. The fourth-order valence-corrected chi connectivity index (χ4v) is 2.41. The summed E-state index contributed by atoms with van der Waals surface area (Å²) in [5, 5.41) is 0. The predicted molar refractivity (Wildman–Crippen MR) is 60.7 cm³/mol. The monoisotopic (exact) mass is 241 g/mol. The molecule has 1 fully saturated rings. The Bertz CT molecular complexity index is 358. The summed E-state index contributed by atoms with van der Waals surface area (Å²) in [6, 6.07) is 0. The SMILES string of the molecule is Cc1ncsc1C(=O)OCC[C@H]1CCCO1. The first-order valence-corrected chi connectivity index (χ1v) is 6.34. The third-order valence-electron chi connectivity index (χ3n) is 2.63. The van der Waals surface area contributed by atoms with E-state index >= 15 is 0 Å². The normalized spacial score (nSPS) is 19.9. The van der Waals surface area contributed by atoms with Crippen molar-refractivity contribution < 1.29 is 14.3 Å². The average Bonchev–Trinajstić information content (AvgIpc) is 2.88. The minimum atomic E-state index is -0.266.